The highest BCUT2D eigenvalue weighted by molar-refractivity contribution is 5.76. The number of amides is 2. The largest absolute Gasteiger partial charge is 0.469 e. The molecule has 0 saturated carbocycles. The van der Waals surface area contributed by atoms with Gasteiger partial charge < -0.3 is 14.5 Å². The van der Waals surface area contributed by atoms with Crippen molar-refractivity contribution in [1.82, 2.24) is 9.80 Å². The predicted octanol–water partition coefficient (Wildman–Crippen LogP) is 1.33. The normalized spacial score (nSPS) is 16.8. The van der Waals surface area contributed by atoms with Crippen molar-refractivity contribution in [1.29, 1.82) is 0 Å². The highest BCUT2D eigenvalue weighted by Crippen LogP contribution is 2.19. The molecular formula is C12H22N2O3. The van der Waals surface area contributed by atoms with Gasteiger partial charge in [0.1, 0.15) is 0 Å². The van der Waals surface area contributed by atoms with Crippen LogP contribution < -0.4 is 0 Å². The lowest BCUT2D eigenvalue weighted by Crippen LogP contribution is -2.47. The standard InChI is InChI=1S/C12H22N2O3/c1-4-13(5-2)12(16)14-8-6-10(7-9-14)11(15)17-3/h10H,4-9H2,1-3H3. The Morgan fingerprint density at radius 2 is 1.76 bits per heavy atom. The Kier molecular flexibility index (Phi) is 5.25. The maximum absolute atomic E-state index is 12.0. The Bertz CT molecular complexity index is 269. The fraction of sp³-hybridized carbons (Fsp3) is 0.833. The van der Waals surface area contributed by atoms with Gasteiger partial charge in [0.05, 0.1) is 13.0 Å². The number of carbonyl (C=O) groups is 2. The molecule has 5 heteroatoms. The first kappa shape index (κ1) is 13.8. The SMILES string of the molecule is CCN(CC)C(=O)N1CCC(C(=O)OC)CC1. The molecule has 1 aliphatic rings. The lowest BCUT2D eigenvalue weighted by atomic mass is 9.97. The molecule has 0 aliphatic carbocycles. The van der Waals surface area contributed by atoms with Crippen molar-refractivity contribution in [3.05, 3.63) is 0 Å². The molecule has 0 atom stereocenters. The summed E-state index contributed by atoms with van der Waals surface area (Å²) in [4.78, 5) is 27.0. The number of nitrogens with zero attached hydrogens (tertiary/aromatic N) is 2. The van der Waals surface area contributed by atoms with E-state index in [1.807, 2.05) is 18.7 Å². The van der Waals surface area contributed by atoms with Gasteiger partial charge >= 0.3 is 12.0 Å². The van der Waals surface area contributed by atoms with Crippen molar-refractivity contribution in [2.24, 2.45) is 5.92 Å². The molecule has 0 unspecified atom stereocenters. The van der Waals surface area contributed by atoms with Gasteiger partial charge in [-0.25, -0.2) is 4.79 Å². The number of esters is 1. The molecule has 98 valence electrons. The summed E-state index contributed by atoms with van der Waals surface area (Å²) >= 11 is 0. The molecule has 0 aromatic carbocycles. The van der Waals surface area contributed by atoms with Crippen LogP contribution in [-0.2, 0) is 9.53 Å². The van der Waals surface area contributed by atoms with Crippen molar-refractivity contribution in [2.45, 2.75) is 26.7 Å². The smallest absolute Gasteiger partial charge is 0.319 e. The predicted molar refractivity (Wildman–Crippen MR) is 64.6 cm³/mol. The lowest BCUT2D eigenvalue weighted by molar-refractivity contribution is -0.146. The minimum atomic E-state index is -0.153. The molecule has 0 radical (unpaired) electrons. The average Bonchev–Trinajstić information content (AvgIpc) is 2.39. The van der Waals surface area contributed by atoms with E-state index in [4.69, 9.17) is 4.74 Å². The van der Waals surface area contributed by atoms with Gasteiger partial charge in [0, 0.05) is 26.2 Å². The summed E-state index contributed by atoms with van der Waals surface area (Å²) in [6.45, 7) is 6.70. The van der Waals surface area contributed by atoms with E-state index in [0.717, 1.165) is 13.1 Å². The molecule has 5 nitrogen and oxygen atoms in total. The van der Waals surface area contributed by atoms with Crippen LogP contribution >= 0.6 is 0 Å². The van der Waals surface area contributed by atoms with Gasteiger partial charge in [-0.05, 0) is 26.7 Å². The van der Waals surface area contributed by atoms with Crippen LogP contribution in [0.2, 0.25) is 0 Å². The summed E-state index contributed by atoms with van der Waals surface area (Å²) < 4.78 is 4.72. The zero-order valence-electron chi connectivity index (χ0n) is 10.9. The quantitative estimate of drug-likeness (QED) is 0.702. The van der Waals surface area contributed by atoms with Gasteiger partial charge in [0.15, 0.2) is 0 Å². The molecule has 17 heavy (non-hydrogen) atoms. The third kappa shape index (κ3) is 3.35. The number of hydrogen-bond donors (Lipinski definition) is 0. The minimum Gasteiger partial charge on any atom is -0.469 e. The lowest BCUT2D eigenvalue weighted by Gasteiger charge is -2.34. The summed E-state index contributed by atoms with van der Waals surface area (Å²) in [5, 5.41) is 0. The number of likely N-dealkylation sites (tertiary alicyclic amines) is 1. The second kappa shape index (κ2) is 6.47. The van der Waals surface area contributed by atoms with E-state index in [9.17, 15) is 9.59 Å². The fourth-order valence-corrected chi connectivity index (χ4v) is 2.17. The van der Waals surface area contributed by atoms with Crippen molar-refractivity contribution in [3.8, 4) is 0 Å². The summed E-state index contributed by atoms with van der Waals surface area (Å²) in [6, 6.07) is 0.0818. The monoisotopic (exact) mass is 242 g/mol. The Morgan fingerprint density at radius 1 is 1.24 bits per heavy atom. The van der Waals surface area contributed by atoms with Crippen molar-refractivity contribution < 1.29 is 14.3 Å². The van der Waals surface area contributed by atoms with Crippen molar-refractivity contribution in [3.63, 3.8) is 0 Å². The summed E-state index contributed by atoms with van der Waals surface area (Å²) in [5.74, 6) is -0.194. The van der Waals surface area contributed by atoms with E-state index in [-0.39, 0.29) is 17.9 Å². The topological polar surface area (TPSA) is 49.9 Å². The fourth-order valence-electron chi connectivity index (χ4n) is 2.17. The number of hydrogen-bond acceptors (Lipinski definition) is 3. The van der Waals surface area contributed by atoms with Crippen molar-refractivity contribution in [2.75, 3.05) is 33.3 Å². The first-order valence-electron chi connectivity index (χ1n) is 6.25. The molecule has 1 saturated heterocycles. The van der Waals surface area contributed by atoms with Crippen molar-refractivity contribution >= 4 is 12.0 Å². The maximum atomic E-state index is 12.0. The van der Waals surface area contributed by atoms with E-state index in [2.05, 4.69) is 0 Å². The molecule has 0 N–H and O–H groups in total. The van der Waals surface area contributed by atoms with Crippen LogP contribution in [0.5, 0.6) is 0 Å². The molecule has 0 spiro atoms. The average molecular weight is 242 g/mol. The molecule has 0 aromatic heterocycles. The van der Waals surface area contributed by atoms with Crippen LogP contribution in [0.1, 0.15) is 26.7 Å². The Balaban J connectivity index is 2.46. The highest BCUT2D eigenvalue weighted by atomic mass is 16.5. The summed E-state index contributed by atoms with van der Waals surface area (Å²) in [5.41, 5.74) is 0. The van der Waals surface area contributed by atoms with E-state index in [1.165, 1.54) is 7.11 Å². The summed E-state index contributed by atoms with van der Waals surface area (Å²) in [7, 11) is 1.41. The van der Waals surface area contributed by atoms with E-state index in [0.29, 0.717) is 25.9 Å². The third-order valence-electron chi connectivity index (χ3n) is 3.33. The van der Waals surface area contributed by atoms with Gasteiger partial charge in [-0.3, -0.25) is 4.79 Å². The van der Waals surface area contributed by atoms with Crippen LogP contribution in [0.15, 0.2) is 0 Å². The first-order valence-corrected chi connectivity index (χ1v) is 6.25. The zero-order chi connectivity index (χ0) is 12.8. The van der Waals surface area contributed by atoms with Gasteiger partial charge in [-0.2, -0.15) is 0 Å². The summed E-state index contributed by atoms with van der Waals surface area (Å²) in [6.07, 6.45) is 1.42. The number of rotatable bonds is 3. The maximum Gasteiger partial charge on any atom is 0.319 e. The second-order valence-electron chi connectivity index (χ2n) is 4.24. The highest BCUT2D eigenvalue weighted by Gasteiger charge is 2.29. The van der Waals surface area contributed by atoms with Crippen LogP contribution in [0.3, 0.4) is 0 Å². The number of carbonyl (C=O) groups excluding carboxylic acids is 2. The van der Waals surface area contributed by atoms with Gasteiger partial charge in [-0.15, -0.1) is 0 Å². The molecule has 1 fully saturated rings. The second-order valence-corrected chi connectivity index (χ2v) is 4.24. The number of methoxy groups -OCH3 is 1. The number of ether oxygens (including phenoxy) is 1. The molecule has 1 rings (SSSR count). The number of urea groups is 1. The van der Waals surface area contributed by atoms with E-state index in [1.54, 1.807) is 4.90 Å². The molecule has 0 bridgehead atoms. The Hall–Kier alpha value is -1.26. The molecule has 2 amide bonds. The van der Waals surface area contributed by atoms with E-state index < -0.39 is 0 Å². The molecule has 1 heterocycles. The minimum absolute atomic E-state index is 0.0410. The van der Waals surface area contributed by atoms with Gasteiger partial charge in [-0.1, -0.05) is 0 Å². The van der Waals surface area contributed by atoms with Crippen LogP contribution in [0.25, 0.3) is 0 Å². The first-order chi connectivity index (χ1) is 8.13. The molecule has 0 aromatic rings. The van der Waals surface area contributed by atoms with Gasteiger partial charge in [0.2, 0.25) is 0 Å². The zero-order valence-corrected chi connectivity index (χ0v) is 10.9. The van der Waals surface area contributed by atoms with E-state index >= 15 is 0 Å². The van der Waals surface area contributed by atoms with Crippen LogP contribution in [0.4, 0.5) is 4.79 Å². The van der Waals surface area contributed by atoms with Crippen LogP contribution in [0, 0.1) is 5.92 Å². The molecular weight excluding hydrogens is 220 g/mol. The number of piperidine rings is 1. The Morgan fingerprint density at radius 3 is 2.18 bits per heavy atom. The Labute approximate surface area is 103 Å². The third-order valence-corrected chi connectivity index (χ3v) is 3.33. The van der Waals surface area contributed by atoms with Crippen LogP contribution in [-0.4, -0.2) is 55.1 Å². The molecule has 1 aliphatic heterocycles. The van der Waals surface area contributed by atoms with Gasteiger partial charge in [0.25, 0.3) is 0 Å².